The molecule has 33 heavy (non-hydrogen) atoms. The number of hydrogen-bond donors (Lipinski definition) is 1. The van der Waals surface area contributed by atoms with E-state index in [1.165, 1.54) is 11.1 Å². The van der Waals surface area contributed by atoms with E-state index in [0.717, 1.165) is 22.8 Å². The van der Waals surface area contributed by atoms with Gasteiger partial charge in [0.1, 0.15) is 11.4 Å². The number of allylic oxidation sites excluding steroid dienone is 2. The summed E-state index contributed by atoms with van der Waals surface area (Å²) in [6, 6.07) is 28.6. The standard InChI is InChI=1S/C29H32N2O2/c1-4-33-27-18-12-11-17-25(27)30-28-21(2)24(23-15-9-6-10-16-23)19-26(32)29(28)31(3)20-22-13-7-5-8-14-22/h5-18,21,24,30H,4,19-20H2,1-3H3. The largest absolute Gasteiger partial charge is 0.492 e. The van der Waals surface area contributed by atoms with E-state index in [1.807, 2.05) is 74.6 Å². The molecule has 1 N–H and O–H groups in total. The predicted octanol–water partition coefficient (Wildman–Crippen LogP) is 6.23. The van der Waals surface area contributed by atoms with Crippen LogP contribution in [0.2, 0.25) is 0 Å². The van der Waals surface area contributed by atoms with Gasteiger partial charge in [-0.3, -0.25) is 4.79 Å². The number of hydrogen-bond acceptors (Lipinski definition) is 4. The molecule has 1 aliphatic rings. The fourth-order valence-electron chi connectivity index (χ4n) is 4.67. The van der Waals surface area contributed by atoms with Gasteiger partial charge in [0.25, 0.3) is 0 Å². The van der Waals surface area contributed by atoms with Crippen molar-refractivity contribution in [2.45, 2.75) is 32.7 Å². The summed E-state index contributed by atoms with van der Waals surface area (Å²) >= 11 is 0. The van der Waals surface area contributed by atoms with Gasteiger partial charge in [0, 0.05) is 31.6 Å². The Hall–Kier alpha value is -3.53. The molecule has 0 bridgehead atoms. The monoisotopic (exact) mass is 440 g/mol. The summed E-state index contributed by atoms with van der Waals surface area (Å²) in [5.74, 6) is 1.21. The lowest BCUT2D eigenvalue weighted by Gasteiger charge is -2.37. The molecule has 4 heteroatoms. The molecule has 3 aromatic rings. The van der Waals surface area contributed by atoms with Crippen molar-refractivity contribution in [3.8, 4) is 5.75 Å². The Bertz CT molecular complexity index is 1110. The maximum Gasteiger partial charge on any atom is 0.181 e. The number of carbonyl (C=O) groups is 1. The molecule has 2 unspecified atom stereocenters. The zero-order valence-corrected chi connectivity index (χ0v) is 19.6. The predicted molar refractivity (Wildman–Crippen MR) is 134 cm³/mol. The van der Waals surface area contributed by atoms with Crippen LogP contribution >= 0.6 is 0 Å². The van der Waals surface area contributed by atoms with Crippen LogP contribution < -0.4 is 10.1 Å². The van der Waals surface area contributed by atoms with Gasteiger partial charge in [0.15, 0.2) is 5.78 Å². The van der Waals surface area contributed by atoms with Gasteiger partial charge >= 0.3 is 0 Å². The van der Waals surface area contributed by atoms with Crippen LogP contribution in [0.25, 0.3) is 0 Å². The minimum absolute atomic E-state index is 0.120. The number of ketones is 1. The first-order chi connectivity index (χ1) is 16.1. The van der Waals surface area contributed by atoms with Gasteiger partial charge in [-0.15, -0.1) is 0 Å². The van der Waals surface area contributed by atoms with Crippen molar-refractivity contribution in [3.05, 3.63) is 107 Å². The summed E-state index contributed by atoms with van der Waals surface area (Å²) in [6.07, 6.45) is 0.498. The van der Waals surface area contributed by atoms with Crippen LogP contribution in [0.3, 0.4) is 0 Å². The van der Waals surface area contributed by atoms with E-state index < -0.39 is 0 Å². The Morgan fingerprint density at radius 3 is 2.27 bits per heavy atom. The molecule has 4 nitrogen and oxygen atoms in total. The lowest BCUT2D eigenvalue weighted by atomic mass is 9.76. The molecule has 0 amide bonds. The number of nitrogens with zero attached hydrogens (tertiary/aromatic N) is 1. The second-order valence-electron chi connectivity index (χ2n) is 8.59. The van der Waals surface area contributed by atoms with E-state index >= 15 is 0 Å². The van der Waals surface area contributed by atoms with Gasteiger partial charge in [0.05, 0.1) is 12.3 Å². The third-order valence-electron chi connectivity index (χ3n) is 6.31. The van der Waals surface area contributed by atoms with E-state index in [9.17, 15) is 4.79 Å². The summed E-state index contributed by atoms with van der Waals surface area (Å²) in [5.41, 5.74) is 4.96. The Kier molecular flexibility index (Phi) is 7.13. The highest BCUT2D eigenvalue weighted by atomic mass is 16.5. The van der Waals surface area contributed by atoms with Crippen molar-refractivity contribution in [1.82, 2.24) is 4.90 Å². The molecule has 0 spiro atoms. The Balaban J connectivity index is 1.75. The van der Waals surface area contributed by atoms with Crippen molar-refractivity contribution in [3.63, 3.8) is 0 Å². The summed E-state index contributed by atoms with van der Waals surface area (Å²) in [5, 5.41) is 3.62. The molecule has 0 saturated heterocycles. The Labute approximate surface area is 196 Å². The highest BCUT2D eigenvalue weighted by Crippen LogP contribution is 2.41. The number of nitrogens with one attached hydrogen (secondary N) is 1. The lowest BCUT2D eigenvalue weighted by Crippen LogP contribution is -2.35. The van der Waals surface area contributed by atoms with Gasteiger partial charge in [-0.2, -0.15) is 0 Å². The van der Waals surface area contributed by atoms with Crippen LogP contribution in [-0.2, 0) is 11.3 Å². The zero-order chi connectivity index (χ0) is 23.2. The molecule has 0 saturated carbocycles. The quantitative estimate of drug-likeness (QED) is 0.451. The van der Waals surface area contributed by atoms with E-state index in [2.05, 4.69) is 41.4 Å². The average molecular weight is 441 g/mol. The topological polar surface area (TPSA) is 41.6 Å². The maximum atomic E-state index is 13.6. The molecule has 1 aliphatic carbocycles. The van der Waals surface area contributed by atoms with Crippen molar-refractivity contribution in [2.24, 2.45) is 5.92 Å². The summed E-state index contributed by atoms with van der Waals surface area (Å²) < 4.78 is 5.86. The smallest absolute Gasteiger partial charge is 0.181 e. The van der Waals surface area contributed by atoms with Crippen molar-refractivity contribution in [2.75, 3.05) is 19.0 Å². The lowest BCUT2D eigenvalue weighted by molar-refractivity contribution is -0.118. The first-order valence-electron chi connectivity index (χ1n) is 11.6. The number of carbonyl (C=O) groups excluding carboxylic acids is 1. The van der Waals surface area contributed by atoms with E-state index in [0.29, 0.717) is 19.6 Å². The van der Waals surface area contributed by atoms with Crippen LogP contribution in [-0.4, -0.2) is 24.3 Å². The minimum atomic E-state index is 0.120. The number of para-hydroxylation sites is 2. The first-order valence-corrected chi connectivity index (χ1v) is 11.6. The molecular weight excluding hydrogens is 408 g/mol. The number of likely N-dealkylation sites (N-methyl/N-ethyl adjacent to an activating group) is 1. The van der Waals surface area contributed by atoms with Crippen molar-refractivity contribution < 1.29 is 9.53 Å². The number of Topliss-reactive ketones (excluding diaryl/α,β-unsaturated/α-hetero) is 1. The Morgan fingerprint density at radius 1 is 0.939 bits per heavy atom. The second kappa shape index (κ2) is 10.4. The summed E-state index contributed by atoms with van der Waals surface area (Å²) in [4.78, 5) is 15.7. The maximum absolute atomic E-state index is 13.6. The molecule has 4 rings (SSSR count). The van der Waals surface area contributed by atoms with Crippen LogP contribution in [0.4, 0.5) is 5.69 Å². The van der Waals surface area contributed by atoms with Gasteiger partial charge in [-0.25, -0.2) is 0 Å². The number of ether oxygens (including phenoxy) is 1. The number of benzene rings is 3. The number of rotatable bonds is 8. The van der Waals surface area contributed by atoms with Gasteiger partial charge in [-0.1, -0.05) is 79.7 Å². The Morgan fingerprint density at radius 2 is 1.58 bits per heavy atom. The minimum Gasteiger partial charge on any atom is -0.492 e. The second-order valence-corrected chi connectivity index (χ2v) is 8.59. The van der Waals surface area contributed by atoms with E-state index in [1.54, 1.807) is 0 Å². The van der Waals surface area contributed by atoms with Crippen molar-refractivity contribution in [1.29, 1.82) is 0 Å². The van der Waals surface area contributed by atoms with Crippen LogP contribution in [0.5, 0.6) is 5.75 Å². The first kappa shape index (κ1) is 22.7. The average Bonchev–Trinajstić information content (AvgIpc) is 2.83. The third kappa shape index (κ3) is 5.11. The zero-order valence-electron chi connectivity index (χ0n) is 19.6. The summed E-state index contributed by atoms with van der Waals surface area (Å²) in [6.45, 7) is 5.45. The highest BCUT2D eigenvalue weighted by molar-refractivity contribution is 5.98. The fourth-order valence-corrected chi connectivity index (χ4v) is 4.67. The fraction of sp³-hybridized carbons (Fsp3) is 0.276. The third-order valence-corrected chi connectivity index (χ3v) is 6.31. The molecule has 0 aromatic heterocycles. The molecule has 0 aliphatic heterocycles. The van der Waals surface area contributed by atoms with E-state index in [4.69, 9.17) is 4.74 Å². The molecule has 0 radical (unpaired) electrons. The summed E-state index contributed by atoms with van der Waals surface area (Å²) in [7, 11) is 2.01. The van der Waals surface area contributed by atoms with E-state index in [-0.39, 0.29) is 17.6 Å². The van der Waals surface area contributed by atoms with Crippen LogP contribution in [0.1, 0.15) is 37.3 Å². The van der Waals surface area contributed by atoms with Gasteiger partial charge < -0.3 is 15.0 Å². The molecule has 0 fully saturated rings. The van der Waals surface area contributed by atoms with Gasteiger partial charge in [-0.05, 0) is 36.1 Å². The highest BCUT2D eigenvalue weighted by Gasteiger charge is 2.36. The number of anilines is 1. The molecule has 2 atom stereocenters. The SMILES string of the molecule is CCOc1ccccc1NC1=C(N(C)Cc2ccccc2)C(=O)CC(c2ccccc2)C1C. The van der Waals surface area contributed by atoms with Crippen molar-refractivity contribution >= 4 is 11.5 Å². The normalized spacial score (nSPS) is 18.2. The molecule has 3 aromatic carbocycles. The van der Waals surface area contributed by atoms with Gasteiger partial charge in [0.2, 0.25) is 0 Å². The van der Waals surface area contributed by atoms with Crippen LogP contribution in [0.15, 0.2) is 96.3 Å². The molecular formula is C29H32N2O2. The molecule has 0 heterocycles. The van der Waals surface area contributed by atoms with Crippen LogP contribution in [0, 0.1) is 5.92 Å². The molecule has 170 valence electrons.